The second kappa shape index (κ2) is 5.98. The minimum atomic E-state index is -0.718. The molecule has 0 saturated heterocycles. The van der Waals surface area contributed by atoms with Gasteiger partial charge in [-0.25, -0.2) is 0 Å². The maximum atomic E-state index is 11.9. The zero-order valence-electron chi connectivity index (χ0n) is 9.88. The molecule has 1 aromatic heterocycles. The van der Waals surface area contributed by atoms with Crippen molar-refractivity contribution in [3.8, 4) is 6.07 Å². The van der Waals surface area contributed by atoms with Gasteiger partial charge in [0, 0.05) is 17.4 Å². The summed E-state index contributed by atoms with van der Waals surface area (Å²) in [5, 5.41) is 12.3. The van der Waals surface area contributed by atoms with Crippen LogP contribution >= 0.6 is 11.6 Å². The number of rotatable bonds is 3. The summed E-state index contributed by atoms with van der Waals surface area (Å²) in [5.41, 5.74) is 1.10. The van der Waals surface area contributed by atoms with Gasteiger partial charge in [-0.3, -0.25) is 9.78 Å². The number of aromatic nitrogens is 1. The van der Waals surface area contributed by atoms with Crippen molar-refractivity contribution in [1.29, 1.82) is 5.26 Å². The van der Waals surface area contributed by atoms with E-state index in [1.165, 1.54) is 6.20 Å². The Labute approximate surface area is 115 Å². The standard InChI is InChI=1S/C14H10ClN3O/c15-12-5-3-10(4-6-12)13(8-16)18-14(19)11-2-1-7-17-9-11/h1-7,9,13H,(H,18,19). The molecule has 1 unspecified atom stereocenters. The molecule has 0 aliphatic carbocycles. The van der Waals surface area contributed by atoms with E-state index in [2.05, 4.69) is 10.3 Å². The molecule has 5 heteroatoms. The Balaban J connectivity index is 2.14. The molecule has 0 aliphatic rings. The minimum absolute atomic E-state index is 0.338. The maximum Gasteiger partial charge on any atom is 0.254 e. The molecule has 0 radical (unpaired) electrons. The van der Waals surface area contributed by atoms with Gasteiger partial charge in [-0.2, -0.15) is 5.26 Å². The van der Waals surface area contributed by atoms with Gasteiger partial charge in [0.05, 0.1) is 11.6 Å². The molecule has 94 valence electrons. The molecule has 0 spiro atoms. The van der Waals surface area contributed by atoms with Gasteiger partial charge in [-0.15, -0.1) is 0 Å². The molecule has 0 saturated carbocycles. The van der Waals surface area contributed by atoms with Crippen LogP contribution in [0, 0.1) is 11.3 Å². The van der Waals surface area contributed by atoms with E-state index in [1.54, 1.807) is 42.6 Å². The largest absolute Gasteiger partial charge is 0.332 e. The molecule has 0 fully saturated rings. The van der Waals surface area contributed by atoms with E-state index in [-0.39, 0.29) is 5.91 Å². The maximum absolute atomic E-state index is 11.9. The Morgan fingerprint density at radius 3 is 2.63 bits per heavy atom. The summed E-state index contributed by atoms with van der Waals surface area (Å²) in [6.07, 6.45) is 3.03. The lowest BCUT2D eigenvalue weighted by atomic mass is 10.1. The van der Waals surface area contributed by atoms with Crippen molar-refractivity contribution < 1.29 is 4.79 Å². The topological polar surface area (TPSA) is 65.8 Å². The van der Waals surface area contributed by atoms with Crippen molar-refractivity contribution in [2.45, 2.75) is 6.04 Å². The van der Waals surface area contributed by atoms with Crippen molar-refractivity contribution in [2.24, 2.45) is 0 Å². The summed E-state index contributed by atoms with van der Waals surface area (Å²) in [5.74, 6) is -0.338. The van der Waals surface area contributed by atoms with E-state index in [0.717, 1.165) is 0 Å². The average molecular weight is 272 g/mol. The van der Waals surface area contributed by atoms with Crippen LogP contribution in [-0.4, -0.2) is 10.9 Å². The summed E-state index contributed by atoms with van der Waals surface area (Å²) in [6, 6.07) is 11.4. The second-order valence-electron chi connectivity index (χ2n) is 3.83. The SMILES string of the molecule is N#CC(NC(=O)c1cccnc1)c1ccc(Cl)cc1. The first kappa shape index (κ1) is 13.1. The fourth-order valence-corrected chi connectivity index (χ4v) is 1.68. The number of carbonyl (C=O) groups is 1. The van der Waals surface area contributed by atoms with Gasteiger partial charge in [0.15, 0.2) is 0 Å². The first-order chi connectivity index (χ1) is 9.20. The highest BCUT2D eigenvalue weighted by Crippen LogP contribution is 2.16. The molecular weight excluding hydrogens is 262 g/mol. The van der Waals surface area contributed by atoms with Crippen LogP contribution in [0.2, 0.25) is 5.02 Å². The van der Waals surface area contributed by atoms with Gasteiger partial charge >= 0.3 is 0 Å². The predicted molar refractivity (Wildman–Crippen MR) is 71.5 cm³/mol. The smallest absolute Gasteiger partial charge is 0.254 e. The number of benzene rings is 1. The van der Waals surface area contributed by atoms with Gasteiger partial charge in [-0.1, -0.05) is 23.7 Å². The molecule has 0 bridgehead atoms. The number of pyridine rings is 1. The lowest BCUT2D eigenvalue weighted by molar-refractivity contribution is 0.0945. The molecule has 4 nitrogen and oxygen atoms in total. The van der Waals surface area contributed by atoms with Gasteiger partial charge in [0.1, 0.15) is 6.04 Å². The Morgan fingerprint density at radius 2 is 2.05 bits per heavy atom. The number of hydrogen-bond donors (Lipinski definition) is 1. The molecule has 1 atom stereocenters. The van der Waals surface area contributed by atoms with Gasteiger partial charge in [0.25, 0.3) is 5.91 Å². The highest BCUT2D eigenvalue weighted by molar-refractivity contribution is 6.30. The molecule has 2 aromatic rings. The number of halogens is 1. The van der Waals surface area contributed by atoms with E-state index in [4.69, 9.17) is 16.9 Å². The molecular formula is C14H10ClN3O. The Morgan fingerprint density at radius 1 is 1.32 bits per heavy atom. The summed E-state index contributed by atoms with van der Waals surface area (Å²) in [7, 11) is 0. The van der Waals surface area contributed by atoms with Crippen molar-refractivity contribution in [3.63, 3.8) is 0 Å². The van der Waals surface area contributed by atoms with E-state index in [9.17, 15) is 4.79 Å². The van der Waals surface area contributed by atoms with Crippen LogP contribution in [0.15, 0.2) is 48.8 Å². The van der Waals surface area contributed by atoms with Crippen LogP contribution < -0.4 is 5.32 Å². The van der Waals surface area contributed by atoms with Crippen LogP contribution in [0.4, 0.5) is 0 Å². The lowest BCUT2D eigenvalue weighted by Crippen LogP contribution is -2.27. The first-order valence-corrected chi connectivity index (χ1v) is 5.94. The van der Waals surface area contributed by atoms with E-state index < -0.39 is 6.04 Å². The van der Waals surface area contributed by atoms with Crippen molar-refractivity contribution in [2.75, 3.05) is 0 Å². The first-order valence-electron chi connectivity index (χ1n) is 5.56. The summed E-state index contributed by atoms with van der Waals surface area (Å²) < 4.78 is 0. The van der Waals surface area contributed by atoms with Crippen molar-refractivity contribution >= 4 is 17.5 Å². The molecule has 1 N–H and O–H groups in total. The summed E-state index contributed by atoms with van der Waals surface area (Å²) >= 11 is 5.78. The monoisotopic (exact) mass is 271 g/mol. The summed E-state index contributed by atoms with van der Waals surface area (Å²) in [4.78, 5) is 15.8. The van der Waals surface area contributed by atoms with Crippen LogP contribution in [0.5, 0.6) is 0 Å². The number of nitrogens with zero attached hydrogens (tertiary/aromatic N) is 2. The molecule has 1 heterocycles. The molecule has 1 amide bonds. The second-order valence-corrected chi connectivity index (χ2v) is 4.27. The molecule has 2 rings (SSSR count). The average Bonchev–Trinajstić information content (AvgIpc) is 2.46. The Kier molecular flexibility index (Phi) is 4.11. The van der Waals surface area contributed by atoms with E-state index in [1.807, 2.05) is 6.07 Å². The normalized spacial score (nSPS) is 11.4. The van der Waals surface area contributed by atoms with Gasteiger partial charge in [-0.05, 0) is 29.8 Å². The third-order valence-electron chi connectivity index (χ3n) is 2.53. The number of hydrogen-bond acceptors (Lipinski definition) is 3. The fourth-order valence-electron chi connectivity index (χ4n) is 1.56. The van der Waals surface area contributed by atoms with Gasteiger partial charge < -0.3 is 5.32 Å². The van der Waals surface area contributed by atoms with Crippen molar-refractivity contribution in [1.82, 2.24) is 10.3 Å². The van der Waals surface area contributed by atoms with Crippen LogP contribution in [0.3, 0.4) is 0 Å². The van der Waals surface area contributed by atoms with Crippen LogP contribution in [-0.2, 0) is 0 Å². The van der Waals surface area contributed by atoms with Crippen molar-refractivity contribution in [3.05, 3.63) is 64.9 Å². The lowest BCUT2D eigenvalue weighted by Gasteiger charge is -2.11. The number of nitrogens with one attached hydrogen (secondary N) is 1. The Hall–Kier alpha value is -2.38. The third kappa shape index (κ3) is 3.30. The van der Waals surface area contributed by atoms with Crippen LogP contribution in [0.25, 0.3) is 0 Å². The zero-order valence-corrected chi connectivity index (χ0v) is 10.6. The minimum Gasteiger partial charge on any atom is -0.332 e. The quantitative estimate of drug-likeness (QED) is 0.933. The number of carbonyl (C=O) groups excluding carboxylic acids is 1. The number of amides is 1. The fraction of sp³-hybridized carbons (Fsp3) is 0.0714. The van der Waals surface area contributed by atoms with Crippen LogP contribution in [0.1, 0.15) is 22.0 Å². The predicted octanol–water partition coefficient (Wildman–Crippen LogP) is 2.73. The molecule has 0 aliphatic heterocycles. The number of nitriles is 1. The van der Waals surface area contributed by atoms with E-state index >= 15 is 0 Å². The highest BCUT2D eigenvalue weighted by Gasteiger charge is 2.14. The molecule has 1 aromatic carbocycles. The third-order valence-corrected chi connectivity index (χ3v) is 2.78. The van der Waals surface area contributed by atoms with Gasteiger partial charge in [0.2, 0.25) is 0 Å². The summed E-state index contributed by atoms with van der Waals surface area (Å²) in [6.45, 7) is 0. The molecule has 19 heavy (non-hydrogen) atoms. The highest BCUT2D eigenvalue weighted by atomic mass is 35.5. The zero-order chi connectivity index (χ0) is 13.7. The Bertz CT molecular complexity index is 605. The van der Waals surface area contributed by atoms with E-state index in [0.29, 0.717) is 16.1 Å².